The van der Waals surface area contributed by atoms with Gasteiger partial charge in [-0.15, -0.1) is 0 Å². The predicted octanol–water partition coefficient (Wildman–Crippen LogP) is 5.22. The van der Waals surface area contributed by atoms with Crippen molar-refractivity contribution in [1.29, 1.82) is 0 Å². The quantitative estimate of drug-likeness (QED) is 0.405. The van der Waals surface area contributed by atoms with E-state index in [1.165, 1.54) is 0 Å². The standard InChI is InChI=1S/C30H35N3O3/c1-4-18-31-29(35)25(5-2)33(20-23-12-7-6-11-21(23)3)27(34)17-10-19-32-26-16-9-14-22-13-8-15-24(28(22)26)30(32)36/h6-9,11-16,25H,4-5,10,17-20H2,1-3H3,(H,31,35). The second kappa shape index (κ2) is 11.4. The summed E-state index contributed by atoms with van der Waals surface area (Å²) in [6.45, 7) is 7.40. The monoisotopic (exact) mass is 485 g/mol. The first-order chi connectivity index (χ1) is 17.5. The fourth-order valence-corrected chi connectivity index (χ4v) is 4.99. The maximum atomic E-state index is 13.5. The van der Waals surface area contributed by atoms with Crippen LogP contribution in [0.15, 0.2) is 60.7 Å². The van der Waals surface area contributed by atoms with Gasteiger partial charge in [0.25, 0.3) is 5.91 Å². The number of hydrogen-bond donors (Lipinski definition) is 1. The number of rotatable bonds is 11. The molecule has 0 spiro atoms. The number of anilines is 1. The van der Waals surface area contributed by atoms with Gasteiger partial charge < -0.3 is 15.1 Å². The van der Waals surface area contributed by atoms with Crippen LogP contribution in [0.2, 0.25) is 0 Å². The van der Waals surface area contributed by atoms with Crippen LogP contribution in [0.25, 0.3) is 10.8 Å². The van der Waals surface area contributed by atoms with Gasteiger partial charge in [0.15, 0.2) is 0 Å². The molecule has 0 bridgehead atoms. The summed E-state index contributed by atoms with van der Waals surface area (Å²) in [5.41, 5.74) is 3.74. The van der Waals surface area contributed by atoms with Crippen LogP contribution in [0.1, 0.15) is 61.0 Å². The van der Waals surface area contributed by atoms with Gasteiger partial charge in [-0.3, -0.25) is 14.4 Å². The normalized spacial score (nSPS) is 13.2. The van der Waals surface area contributed by atoms with E-state index in [2.05, 4.69) is 5.32 Å². The second-order valence-electron chi connectivity index (χ2n) is 9.40. The van der Waals surface area contributed by atoms with Crippen LogP contribution < -0.4 is 10.2 Å². The molecule has 3 amide bonds. The van der Waals surface area contributed by atoms with Crippen molar-refractivity contribution in [3.05, 3.63) is 77.4 Å². The number of carbonyl (C=O) groups excluding carboxylic acids is 3. The summed E-state index contributed by atoms with van der Waals surface area (Å²) in [7, 11) is 0. The molecule has 0 aromatic heterocycles. The van der Waals surface area contributed by atoms with E-state index >= 15 is 0 Å². The molecule has 3 aromatic carbocycles. The van der Waals surface area contributed by atoms with Crippen LogP contribution in [0.5, 0.6) is 0 Å². The number of carbonyl (C=O) groups is 3. The highest BCUT2D eigenvalue weighted by Gasteiger charge is 2.31. The molecule has 1 unspecified atom stereocenters. The predicted molar refractivity (Wildman–Crippen MR) is 144 cm³/mol. The molecule has 36 heavy (non-hydrogen) atoms. The summed E-state index contributed by atoms with van der Waals surface area (Å²) in [4.78, 5) is 43.1. The first kappa shape index (κ1) is 25.4. The minimum Gasteiger partial charge on any atom is -0.354 e. The molecule has 1 N–H and O–H groups in total. The Balaban J connectivity index is 1.49. The smallest absolute Gasteiger partial charge is 0.258 e. The molecule has 1 atom stereocenters. The third-order valence-corrected chi connectivity index (χ3v) is 6.96. The Bertz CT molecular complexity index is 1260. The molecule has 0 radical (unpaired) electrons. The molecular weight excluding hydrogens is 450 g/mol. The second-order valence-corrected chi connectivity index (χ2v) is 9.40. The largest absolute Gasteiger partial charge is 0.354 e. The van der Waals surface area contributed by atoms with Gasteiger partial charge in [-0.25, -0.2) is 0 Å². The van der Waals surface area contributed by atoms with Gasteiger partial charge in [-0.2, -0.15) is 0 Å². The maximum absolute atomic E-state index is 13.5. The highest BCUT2D eigenvalue weighted by molar-refractivity contribution is 6.25. The molecule has 1 aliphatic rings. The maximum Gasteiger partial charge on any atom is 0.258 e. The lowest BCUT2D eigenvalue weighted by Crippen LogP contribution is -2.49. The third kappa shape index (κ3) is 5.13. The third-order valence-electron chi connectivity index (χ3n) is 6.96. The Labute approximate surface area is 213 Å². The Morgan fingerprint density at radius 3 is 2.47 bits per heavy atom. The molecule has 4 rings (SSSR count). The van der Waals surface area contributed by atoms with Crippen molar-refractivity contribution in [2.45, 2.75) is 59.0 Å². The summed E-state index contributed by atoms with van der Waals surface area (Å²) in [6.07, 6.45) is 2.16. The fraction of sp³-hybridized carbons (Fsp3) is 0.367. The van der Waals surface area contributed by atoms with Crippen LogP contribution in [-0.2, 0) is 16.1 Å². The minimum atomic E-state index is -0.532. The lowest BCUT2D eigenvalue weighted by Gasteiger charge is -2.31. The molecular formula is C30H35N3O3. The lowest BCUT2D eigenvalue weighted by molar-refractivity contribution is -0.141. The molecule has 188 valence electrons. The van der Waals surface area contributed by atoms with Crippen LogP contribution in [0.3, 0.4) is 0 Å². The van der Waals surface area contributed by atoms with Crippen LogP contribution in [0, 0.1) is 6.92 Å². The zero-order valence-corrected chi connectivity index (χ0v) is 21.4. The van der Waals surface area contributed by atoms with Crippen molar-refractivity contribution in [3.8, 4) is 0 Å². The van der Waals surface area contributed by atoms with Crippen molar-refractivity contribution in [1.82, 2.24) is 10.2 Å². The highest BCUT2D eigenvalue weighted by Crippen LogP contribution is 2.37. The first-order valence-electron chi connectivity index (χ1n) is 12.9. The van der Waals surface area contributed by atoms with Crippen molar-refractivity contribution in [2.75, 3.05) is 18.0 Å². The van der Waals surface area contributed by atoms with Gasteiger partial charge in [-0.1, -0.05) is 62.4 Å². The Morgan fingerprint density at radius 1 is 1.00 bits per heavy atom. The van der Waals surface area contributed by atoms with Crippen LogP contribution >= 0.6 is 0 Å². The van der Waals surface area contributed by atoms with Crippen molar-refractivity contribution in [2.24, 2.45) is 0 Å². The summed E-state index contributed by atoms with van der Waals surface area (Å²) in [6, 6.07) is 19.2. The fourth-order valence-electron chi connectivity index (χ4n) is 4.99. The molecule has 0 saturated carbocycles. The van der Waals surface area contributed by atoms with Gasteiger partial charge in [0.1, 0.15) is 6.04 Å². The molecule has 1 aliphatic heterocycles. The zero-order chi connectivity index (χ0) is 25.7. The number of nitrogens with zero attached hydrogens (tertiary/aromatic N) is 2. The Hall–Kier alpha value is -3.67. The van der Waals surface area contributed by atoms with Gasteiger partial charge >= 0.3 is 0 Å². The average Bonchev–Trinajstić information content (AvgIpc) is 3.16. The van der Waals surface area contributed by atoms with E-state index in [4.69, 9.17) is 0 Å². The average molecular weight is 486 g/mol. The van der Waals surface area contributed by atoms with Gasteiger partial charge in [0.05, 0.1) is 5.69 Å². The number of aryl methyl sites for hydroxylation is 1. The van der Waals surface area contributed by atoms with Gasteiger partial charge in [-0.05, 0) is 54.8 Å². The molecule has 6 nitrogen and oxygen atoms in total. The first-order valence-corrected chi connectivity index (χ1v) is 12.9. The van der Waals surface area contributed by atoms with E-state index in [0.29, 0.717) is 38.0 Å². The molecule has 3 aromatic rings. The number of amides is 3. The van der Waals surface area contributed by atoms with Crippen molar-refractivity contribution >= 4 is 34.2 Å². The SMILES string of the molecule is CCCNC(=O)C(CC)N(Cc1ccccc1C)C(=O)CCCN1C(=O)c2cccc3cccc1c23. The van der Waals surface area contributed by atoms with Gasteiger partial charge in [0.2, 0.25) is 11.8 Å². The minimum absolute atomic E-state index is 0.0172. The lowest BCUT2D eigenvalue weighted by atomic mass is 10.0. The highest BCUT2D eigenvalue weighted by atomic mass is 16.2. The molecule has 0 aliphatic carbocycles. The van der Waals surface area contributed by atoms with E-state index in [1.54, 1.807) is 9.80 Å². The summed E-state index contributed by atoms with van der Waals surface area (Å²) < 4.78 is 0. The topological polar surface area (TPSA) is 69.7 Å². The van der Waals surface area contributed by atoms with E-state index in [-0.39, 0.29) is 24.1 Å². The summed E-state index contributed by atoms with van der Waals surface area (Å²) in [5.74, 6) is -0.200. The van der Waals surface area contributed by atoms with Crippen LogP contribution in [-0.4, -0.2) is 41.8 Å². The van der Waals surface area contributed by atoms with Crippen molar-refractivity contribution in [3.63, 3.8) is 0 Å². The van der Waals surface area contributed by atoms with E-state index in [0.717, 1.165) is 34.0 Å². The molecule has 0 saturated heterocycles. The summed E-state index contributed by atoms with van der Waals surface area (Å²) >= 11 is 0. The van der Waals surface area contributed by atoms with Crippen molar-refractivity contribution < 1.29 is 14.4 Å². The molecule has 6 heteroatoms. The van der Waals surface area contributed by atoms with Gasteiger partial charge in [0, 0.05) is 37.0 Å². The zero-order valence-electron chi connectivity index (χ0n) is 21.4. The molecule has 1 heterocycles. The Kier molecular flexibility index (Phi) is 8.04. The van der Waals surface area contributed by atoms with E-state index in [1.807, 2.05) is 81.4 Å². The molecule has 0 fully saturated rings. The van der Waals surface area contributed by atoms with E-state index in [9.17, 15) is 14.4 Å². The van der Waals surface area contributed by atoms with Crippen LogP contribution in [0.4, 0.5) is 5.69 Å². The number of nitrogens with one attached hydrogen (secondary N) is 1. The number of hydrogen-bond acceptors (Lipinski definition) is 3. The Morgan fingerprint density at radius 2 is 1.75 bits per heavy atom. The van der Waals surface area contributed by atoms with E-state index < -0.39 is 6.04 Å². The number of benzene rings is 3. The summed E-state index contributed by atoms with van der Waals surface area (Å²) in [5, 5.41) is 4.99.